The molecule has 36 heavy (non-hydrogen) atoms. The van der Waals surface area contributed by atoms with E-state index in [2.05, 4.69) is 15.0 Å². The van der Waals surface area contributed by atoms with Crippen LogP contribution in [0.4, 0.5) is 15.9 Å². The van der Waals surface area contributed by atoms with Crippen molar-refractivity contribution < 1.29 is 13.7 Å². The number of aryl methyl sites for hydroxylation is 1. The number of hydrogen-bond acceptors (Lipinski definition) is 7. The zero-order valence-electron chi connectivity index (χ0n) is 19.9. The molecule has 0 amide bonds. The Hall–Kier alpha value is -4.23. The molecule has 0 saturated carbocycles. The molecule has 5 aromatic rings. The van der Waals surface area contributed by atoms with E-state index < -0.39 is 13.0 Å². The average Bonchev–Trinajstić information content (AvgIpc) is 3.18. The number of anilines is 2. The lowest BCUT2D eigenvalue weighted by Gasteiger charge is -2.16. The molecular formula is C26H24FN6O2P. The van der Waals surface area contributed by atoms with E-state index in [1.54, 1.807) is 48.2 Å². The third-order valence-corrected chi connectivity index (χ3v) is 7.22. The summed E-state index contributed by atoms with van der Waals surface area (Å²) in [7, 11) is -2.89. The molecule has 0 spiro atoms. The summed E-state index contributed by atoms with van der Waals surface area (Å²) in [4.78, 5) is 12.8. The first-order valence-corrected chi connectivity index (χ1v) is 13.7. The maximum Gasteiger partial charge on any atom is 0.219 e. The molecule has 0 aliphatic rings. The molecule has 4 N–H and O–H groups in total. The van der Waals surface area contributed by atoms with Crippen LogP contribution < -0.4 is 21.5 Å². The van der Waals surface area contributed by atoms with Gasteiger partial charge in [-0.25, -0.2) is 19.3 Å². The summed E-state index contributed by atoms with van der Waals surface area (Å²) >= 11 is 0. The van der Waals surface area contributed by atoms with E-state index in [0.29, 0.717) is 33.4 Å². The monoisotopic (exact) mass is 502 g/mol. The first kappa shape index (κ1) is 23.5. The van der Waals surface area contributed by atoms with Crippen LogP contribution in [0.3, 0.4) is 0 Å². The van der Waals surface area contributed by atoms with Crippen LogP contribution in [-0.2, 0) is 4.57 Å². The summed E-state index contributed by atoms with van der Waals surface area (Å²) in [5.74, 6) is -0.118. The lowest BCUT2D eigenvalue weighted by molar-refractivity contribution is 0.426. The van der Waals surface area contributed by atoms with Crippen molar-refractivity contribution in [3.05, 3.63) is 78.5 Å². The van der Waals surface area contributed by atoms with Crippen LogP contribution in [0.5, 0.6) is 11.6 Å². The van der Waals surface area contributed by atoms with Gasteiger partial charge < -0.3 is 25.3 Å². The first-order valence-electron chi connectivity index (χ1n) is 11.1. The quantitative estimate of drug-likeness (QED) is 0.252. The first-order chi connectivity index (χ1) is 17.1. The maximum absolute atomic E-state index is 15.4. The summed E-state index contributed by atoms with van der Waals surface area (Å²) in [6.45, 7) is 5.15. The number of ether oxygens (including phenoxy) is 1. The van der Waals surface area contributed by atoms with Gasteiger partial charge in [-0.15, -0.1) is 0 Å². The van der Waals surface area contributed by atoms with E-state index in [1.807, 2.05) is 25.1 Å². The lowest BCUT2D eigenvalue weighted by Crippen LogP contribution is -2.09. The van der Waals surface area contributed by atoms with Gasteiger partial charge in [0.25, 0.3) is 0 Å². The van der Waals surface area contributed by atoms with E-state index in [0.717, 1.165) is 11.3 Å². The van der Waals surface area contributed by atoms with Crippen LogP contribution in [0.25, 0.3) is 28.0 Å². The zero-order chi connectivity index (χ0) is 25.6. The molecule has 3 heterocycles. The molecule has 0 saturated heterocycles. The van der Waals surface area contributed by atoms with Crippen LogP contribution in [0.1, 0.15) is 5.69 Å². The summed E-state index contributed by atoms with van der Waals surface area (Å²) in [5, 5.41) is 0.529. The molecule has 5 rings (SSSR count). The molecule has 10 heteroatoms. The highest BCUT2D eigenvalue weighted by Gasteiger charge is 2.30. The minimum absolute atomic E-state index is 0.0171. The number of nitrogens with two attached hydrogens (primary N) is 2. The Labute approximate surface area is 207 Å². The molecule has 0 atom stereocenters. The van der Waals surface area contributed by atoms with Crippen LogP contribution in [0.2, 0.25) is 0 Å². The molecular weight excluding hydrogens is 478 g/mol. The van der Waals surface area contributed by atoms with Crippen LogP contribution in [0.15, 0.2) is 67.0 Å². The molecule has 0 bridgehead atoms. The summed E-state index contributed by atoms with van der Waals surface area (Å²) < 4.78 is 36.3. The van der Waals surface area contributed by atoms with Crippen LogP contribution in [-0.4, -0.2) is 32.8 Å². The van der Waals surface area contributed by atoms with Crippen molar-refractivity contribution in [2.24, 2.45) is 0 Å². The topological polar surface area (TPSA) is 122 Å². The highest BCUT2D eigenvalue weighted by Crippen LogP contribution is 2.45. The highest BCUT2D eigenvalue weighted by molar-refractivity contribution is 7.71. The fourth-order valence-electron chi connectivity index (χ4n) is 4.19. The second-order valence-corrected chi connectivity index (χ2v) is 11.9. The Bertz CT molecular complexity index is 1660. The van der Waals surface area contributed by atoms with Crippen molar-refractivity contribution in [3.63, 3.8) is 0 Å². The van der Waals surface area contributed by atoms with Crippen molar-refractivity contribution in [2.75, 3.05) is 24.8 Å². The van der Waals surface area contributed by atoms with Crippen molar-refractivity contribution in [1.82, 2.24) is 19.5 Å². The van der Waals surface area contributed by atoms with Gasteiger partial charge in [-0.3, -0.25) is 0 Å². The highest BCUT2D eigenvalue weighted by atomic mass is 31.2. The molecule has 0 radical (unpaired) electrons. The Kier molecular flexibility index (Phi) is 5.73. The summed E-state index contributed by atoms with van der Waals surface area (Å²) in [5.41, 5.74) is 16.2. The van der Waals surface area contributed by atoms with Gasteiger partial charge >= 0.3 is 0 Å². The molecule has 3 aromatic heterocycles. The van der Waals surface area contributed by atoms with Gasteiger partial charge in [-0.05, 0) is 56.1 Å². The van der Waals surface area contributed by atoms with Crippen molar-refractivity contribution in [3.8, 4) is 28.6 Å². The number of hydrogen-bond donors (Lipinski definition) is 2. The minimum atomic E-state index is -2.89. The van der Waals surface area contributed by atoms with E-state index in [1.165, 1.54) is 18.5 Å². The molecule has 0 aliphatic carbocycles. The molecule has 0 fully saturated rings. The van der Waals surface area contributed by atoms with E-state index in [9.17, 15) is 4.57 Å². The number of fused-ring (bicyclic) bond motifs is 1. The van der Waals surface area contributed by atoms with Crippen molar-refractivity contribution >= 4 is 35.0 Å². The van der Waals surface area contributed by atoms with Gasteiger partial charge in [0.15, 0.2) is 17.4 Å². The second-order valence-electron chi connectivity index (χ2n) is 8.80. The van der Waals surface area contributed by atoms with E-state index in [-0.39, 0.29) is 17.4 Å². The smallest absolute Gasteiger partial charge is 0.219 e. The fourth-order valence-corrected chi connectivity index (χ4v) is 5.60. The summed E-state index contributed by atoms with van der Waals surface area (Å²) in [6, 6.07) is 16.9. The van der Waals surface area contributed by atoms with Crippen molar-refractivity contribution in [2.45, 2.75) is 6.92 Å². The molecule has 0 unspecified atom stereocenters. The largest absolute Gasteiger partial charge is 0.436 e. The number of pyridine rings is 1. The lowest BCUT2D eigenvalue weighted by atomic mass is 10.1. The Morgan fingerprint density at radius 1 is 1.00 bits per heavy atom. The van der Waals surface area contributed by atoms with E-state index in [4.69, 9.17) is 16.2 Å². The average molecular weight is 502 g/mol. The van der Waals surface area contributed by atoms with Gasteiger partial charge in [0.05, 0.1) is 11.0 Å². The van der Waals surface area contributed by atoms with Crippen molar-refractivity contribution in [1.29, 1.82) is 0 Å². The van der Waals surface area contributed by atoms with Crippen LogP contribution in [0, 0.1) is 12.7 Å². The molecule has 8 nitrogen and oxygen atoms in total. The number of benzene rings is 2. The SMILES string of the molecule is Cc1cccc(Oc2ccc(-n3c(-c4ccc(N)cc4)c(P(C)(C)=O)c4ncnc(N)c43)cc2F)n1. The number of nitrogens with zero attached hydrogens (tertiary/aromatic N) is 4. The standard InChI is InChI=1S/C26H24FN6O2P/c1-15-5-4-6-21(32-15)35-20-12-11-18(13-19(20)27)33-23(16-7-9-17(28)10-8-16)25(36(2,3)34)22-24(33)26(29)31-14-30-22/h4-14H,28H2,1-3H3,(H2,29,30,31). The molecule has 182 valence electrons. The van der Waals surface area contributed by atoms with Gasteiger partial charge in [-0.1, -0.05) is 18.2 Å². The predicted molar refractivity (Wildman–Crippen MR) is 141 cm³/mol. The van der Waals surface area contributed by atoms with Gasteiger partial charge in [0.2, 0.25) is 5.88 Å². The Morgan fingerprint density at radius 2 is 1.75 bits per heavy atom. The Balaban J connectivity index is 1.77. The number of rotatable bonds is 5. The number of aromatic nitrogens is 4. The van der Waals surface area contributed by atoms with Crippen LogP contribution >= 0.6 is 7.14 Å². The third kappa shape index (κ3) is 4.18. The third-order valence-electron chi connectivity index (χ3n) is 5.72. The van der Waals surface area contributed by atoms with Gasteiger partial charge in [-0.2, -0.15) is 0 Å². The molecule has 0 aliphatic heterocycles. The van der Waals surface area contributed by atoms with E-state index >= 15 is 4.39 Å². The normalized spacial score (nSPS) is 11.7. The maximum atomic E-state index is 15.4. The second kappa shape index (κ2) is 8.77. The minimum Gasteiger partial charge on any atom is -0.436 e. The summed E-state index contributed by atoms with van der Waals surface area (Å²) in [6.07, 6.45) is 1.33. The predicted octanol–water partition coefficient (Wildman–Crippen LogP) is 5.13. The number of nitrogen functional groups attached to an aromatic ring is 2. The zero-order valence-corrected chi connectivity index (χ0v) is 20.8. The van der Waals surface area contributed by atoms with Gasteiger partial charge in [0.1, 0.15) is 24.5 Å². The van der Waals surface area contributed by atoms with Gasteiger partial charge in [0, 0.05) is 29.2 Å². The molecule has 2 aromatic carbocycles. The Morgan fingerprint density at radius 3 is 2.42 bits per heavy atom. The fraction of sp³-hybridized carbons (Fsp3) is 0.115. The number of halogens is 1.